The van der Waals surface area contributed by atoms with E-state index in [1.54, 1.807) is 0 Å². The maximum absolute atomic E-state index is 6.11. The van der Waals surface area contributed by atoms with E-state index in [1.807, 2.05) is 12.1 Å². The van der Waals surface area contributed by atoms with Crippen LogP contribution >= 0.6 is 15.9 Å². The highest BCUT2D eigenvalue weighted by atomic mass is 79.9. The molecule has 1 aromatic rings. The predicted octanol–water partition coefficient (Wildman–Crippen LogP) is 2.79. The summed E-state index contributed by atoms with van der Waals surface area (Å²) >= 11 is 3.42. The Hall–Kier alpha value is -0.380. The third kappa shape index (κ3) is 4.33. The summed E-state index contributed by atoms with van der Waals surface area (Å²) < 4.78 is 1.10. The van der Waals surface area contributed by atoms with Crippen molar-refractivity contribution in [2.24, 2.45) is 5.73 Å². The van der Waals surface area contributed by atoms with E-state index in [1.165, 1.54) is 5.56 Å². The van der Waals surface area contributed by atoms with Crippen molar-refractivity contribution in [3.05, 3.63) is 34.3 Å². The molecule has 0 bridgehead atoms. The molecule has 0 radical (unpaired) electrons. The second kappa shape index (κ2) is 6.26. The molecule has 2 nitrogen and oxygen atoms in total. The summed E-state index contributed by atoms with van der Waals surface area (Å²) in [5.74, 6) is 0. The van der Waals surface area contributed by atoms with Crippen LogP contribution in [0.25, 0.3) is 0 Å². The first-order valence-corrected chi connectivity index (χ1v) is 6.12. The maximum Gasteiger partial charge on any atom is 0.0307 e. The number of hydrogen-bond donors (Lipinski definition) is 1. The highest BCUT2D eigenvalue weighted by Gasteiger charge is 2.06. The van der Waals surface area contributed by atoms with Crippen LogP contribution in [0, 0.1) is 0 Å². The van der Waals surface area contributed by atoms with E-state index in [2.05, 4.69) is 46.9 Å². The SMILES string of the molecule is CCN(C)CCC(N)c1ccc(Br)cc1. The van der Waals surface area contributed by atoms with Gasteiger partial charge in [0.2, 0.25) is 0 Å². The topological polar surface area (TPSA) is 29.3 Å². The van der Waals surface area contributed by atoms with E-state index in [9.17, 15) is 0 Å². The third-order valence-electron chi connectivity index (χ3n) is 2.66. The van der Waals surface area contributed by atoms with Gasteiger partial charge in [-0.2, -0.15) is 0 Å². The smallest absolute Gasteiger partial charge is 0.0307 e. The molecule has 0 aromatic heterocycles. The molecule has 15 heavy (non-hydrogen) atoms. The number of halogens is 1. The summed E-state index contributed by atoms with van der Waals surface area (Å²) in [4.78, 5) is 2.28. The van der Waals surface area contributed by atoms with Crippen molar-refractivity contribution in [1.82, 2.24) is 4.90 Å². The fourth-order valence-corrected chi connectivity index (χ4v) is 1.66. The molecule has 0 aliphatic heterocycles. The van der Waals surface area contributed by atoms with Crippen molar-refractivity contribution in [3.63, 3.8) is 0 Å². The first-order chi connectivity index (χ1) is 7.13. The number of nitrogens with two attached hydrogens (primary N) is 1. The van der Waals surface area contributed by atoms with Crippen molar-refractivity contribution in [2.45, 2.75) is 19.4 Å². The van der Waals surface area contributed by atoms with Crippen LogP contribution in [-0.2, 0) is 0 Å². The van der Waals surface area contributed by atoms with Crippen LogP contribution in [-0.4, -0.2) is 25.0 Å². The molecule has 1 atom stereocenters. The molecule has 1 aromatic carbocycles. The van der Waals surface area contributed by atoms with Gasteiger partial charge < -0.3 is 10.6 Å². The average Bonchev–Trinajstić information content (AvgIpc) is 2.26. The third-order valence-corrected chi connectivity index (χ3v) is 3.19. The molecule has 0 spiro atoms. The van der Waals surface area contributed by atoms with E-state index >= 15 is 0 Å². The molecule has 1 rings (SSSR count). The lowest BCUT2D eigenvalue weighted by Gasteiger charge is -2.17. The number of rotatable bonds is 5. The standard InChI is InChI=1S/C12H19BrN2/c1-3-15(2)9-8-12(14)10-4-6-11(13)7-5-10/h4-7,12H,3,8-9,14H2,1-2H3. The van der Waals surface area contributed by atoms with E-state index < -0.39 is 0 Å². The first-order valence-electron chi connectivity index (χ1n) is 5.33. The monoisotopic (exact) mass is 270 g/mol. The quantitative estimate of drug-likeness (QED) is 0.892. The molecule has 0 saturated heterocycles. The summed E-state index contributed by atoms with van der Waals surface area (Å²) in [7, 11) is 2.12. The van der Waals surface area contributed by atoms with E-state index in [0.29, 0.717) is 0 Å². The second-order valence-electron chi connectivity index (χ2n) is 3.84. The van der Waals surface area contributed by atoms with Gasteiger partial charge in [0.15, 0.2) is 0 Å². The lowest BCUT2D eigenvalue weighted by atomic mass is 10.0. The minimum atomic E-state index is 0.145. The zero-order chi connectivity index (χ0) is 11.3. The first kappa shape index (κ1) is 12.7. The molecular weight excluding hydrogens is 252 g/mol. The van der Waals surface area contributed by atoms with Gasteiger partial charge in [-0.1, -0.05) is 35.0 Å². The van der Waals surface area contributed by atoms with Crippen LogP contribution in [0.3, 0.4) is 0 Å². The van der Waals surface area contributed by atoms with Crippen LogP contribution in [0.5, 0.6) is 0 Å². The van der Waals surface area contributed by atoms with Gasteiger partial charge in [-0.3, -0.25) is 0 Å². The molecule has 0 heterocycles. The Balaban J connectivity index is 2.46. The van der Waals surface area contributed by atoms with E-state index in [4.69, 9.17) is 5.73 Å². The highest BCUT2D eigenvalue weighted by molar-refractivity contribution is 9.10. The summed E-state index contributed by atoms with van der Waals surface area (Å²) in [5, 5.41) is 0. The Bertz CT molecular complexity index is 284. The fraction of sp³-hybridized carbons (Fsp3) is 0.500. The Morgan fingerprint density at radius 3 is 2.47 bits per heavy atom. The van der Waals surface area contributed by atoms with Crippen LogP contribution in [0.4, 0.5) is 0 Å². The van der Waals surface area contributed by atoms with Crippen molar-refractivity contribution >= 4 is 15.9 Å². The van der Waals surface area contributed by atoms with Gasteiger partial charge in [-0.15, -0.1) is 0 Å². The van der Waals surface area contributed by atoms with Gasteiger partial charge in [-0.05, 0) is 44.3 Å². The maximum atomic E-state index is 6.11. The Kier molecular flexibility index (Phi) is 5.29. The minimum Gasteiger partial charge on any atom is -0.324 e. The largest absolute Gasteiger partial charge is 0.324 e. The highest BCUT2D eigenvalue weighted by Crippen LogP contribution is 2.17. The molecule has 0 aliphatic rings. The molecule has 0 amide bonds. The Morgan fingerprint density at radius 2 is 1.93 bits per heavy atom. The van der Waals surface area contributed by atoms with Gasteiger partial charge in [0.25, 0.3) is 0 Å². The predicted molar refractivity (Wildman–Crippen MR) is 68.9 cm³/mol. The second-order valence-corrected chi connectivity index (χ2v) is 4.76. The number of benzene rings is 1. The normalized spacial score (nSPS) is 13.1. The number of nitrogens with zero attached hydrogens (tertiary/aromatic N) is 1. The molecule has 2 N–H and O–H groups in total. The van der Waals surface area contributed by atoms with Crippen LogP contribution < -0.4 is 5.73 Å². The van der Waals surface area contributed by atoms with E-state index in [-0.39, 0.29) is 6.04 Å². The van der Waals surface area contributed by atoms with Crippen molar-refractivity contribution in [2.75, 3.05) is 20.1 Å². The van der Waals surface area contributed by atoms with Gasteiger partial charge in [0.1, 0.15) is 0 Å². The molecule has 0 saturated carbocycles. The van der Waals surface area contributed by atoms with Gasteiger partial charge in [0.05, 0.1) is 0 Å². The van der Waals surface area contributed by atoms with Crippen molar-refractivity contribution in [3.8, 4) is 0 Å². The Labute approximate surface area is 101 Å². The summed E-state index contributed by atoms with van der Waals surface area (Å²) in [6, 6.07) is 8.39. The molecule has 0 aliphatic carbocycles. The van der Waals surface area contributed by atoms with Crippen molar-refractivity contribution in [1.29, 1.82) is 0 Å². The zero-order valence-electron chi connectivity index (χ0n) is 9.41. The minimum absolute atomic E-state index is 0.145. The fourth-order valence-electron chi connectivity index (χ4n) is 1.39. The van der Waals surface area contributed by atoms with Gasteiger partial charge in [-0.25, -0.2) is 0 Å². The molecular formula is C12H19BrN2. The summed E-state index contributed by atoms with van der Waals surface area (Å²) in [6.07, 6.45) is 1.01. The zero-order valence-corrected chi connectivity index (χ0v) is 11.0. The molecule has 0 fully saturated rings. The van der Waals surface area contributed by atoms with Gasteiger partial charge in [0, 0.05) is 10.5 Å². The lowest BCUT2D eigenvalue weighted by molar-refractivity contribution is 0.335. The van der Waals surface area contributed by atoms with Crippen LogP contribution in [0.1, 0.15) is 24.9 Å². The summed E-state index contributed by atoms with van der Waals surface area (Å²) in [5.41, 5.74) is 7.32. The van der Waals surface area contributed by atoms with Crippen LogP contribution in [0.2, 0.25) is 0 Å². The molecule has 84 valence electrons. The lowest BCUT2D eigenvalue weighted by Crippen LogP contribution is -2.23. The van der Waals surface area contributed by atoms with Crippen molar-refractivity contribution < 1.29 is 0 Å². The number of hydrogen-bond acceptors (Lipinski definition) is 2. The molecule has 1 unspecified atom stereocenters. The van der Waals surface area contributed by atoms with Gasteiger partial charge >= 0.3 is 0 Å². The summed E-state index contributed by atoms with van der Waals surface area (Å²) in [6.45, 7) is 4.28. The Morgan fingerprint density at radius 1 is 1.33 bits per heavy atom. The van der Waals surface area contributed by atoms with Crippen LogP contribution in [0.15, 0.2) is 28.7 Å². The molecule has 3 heteroatoms. The average molecular weight is 271 g/mol. The van der Waals surface area contributed by atoms with E-state index in [0.717, 1.165) is 24.0 Å².